The van der Waals surface area contributed by atoms with Gasteiger partial charge in [-0.25, -0.2) is 4.79 Å². The molecule has 0 spiro atoms. The Kier molecular flexibility index (Phi) is 5.93. The lowest BCUT2D eigenvalue weighted by molar-refractivity contribution is 0.0598. The number of rotatable bonds is 3. The minimum absolute atomic E-state index is 0. The first kappa shape index (κ1) is 13.9. The third-order valence-corrected chi connectivity index (χ3v) is 1.96. The quantitative estimate of drug-likeness (QED) is 0.758. The summed E-state index contributed by atoms with van der Waals surface area (Å²) < 4.78 is 4.60. The zero-order valence-electron chi connectivity index (χ0n) is 8.34. The zero-order chi connectivity index (χ0) is 10.6. The summed E-state index contributed by atoms with van der Waals surface area (Å²) in [4.78, 5) is 11.3. The van der Waals surface area contributed by atoms with Crippen molar-refractivity contribution in [1.29, 1.82) is 0 Å². The van der Waals surface area contributed by atoms with Crippen molar-refractivity contribution >= 4 is 18.4 Å². The van der Waals surface area contributed by atoms with E-state index in [1.54, 1.807) is 24.3 Å². The van der Waals surface area contributed by atoms with Gasteiger partial charge in [0.05, 0.1) is 25.3 Å². The maximum atomic E-state index is 11.3. The molecular weight excluding hydrogens is 218 g/mol. The standard InChI is InChI=1S/C10H13NO3.ClH/c1-14-10(13)8-5-3-2-4-7(8)9(11)6-12;/h2-5,9,12H,6,11H2,1H3;1H. The lowest BCUT2D eigenvalue weighted by atomic mass is 10.0. The van der Waals surface area contributed by atoms with Crippen LogP contribution in [0.25, 0.3) is 0 Å². The van der Waals surface area contributed by atoms with Crippen molar-refractivity contribution in [3.05, 3.63) is 35.4 Å². The van der Waals surface area contributed by atoms with Crippen LogP contribution >= 0.6 is 12.4 Å². The molecule has 5 heteroatoms. The second kappa shape index (κ2) is 6.40. The van der Waals surface area contributed by atoms with Crippen LogP contribution in [-0.4, -0.2) is 24.8 Å². The fraction of sp³-hybridized carbons (Fsp3) is 0.300. The van der Waals surface area contributed by atoms with E-state index in [1.807, 2.05) is 0 Å². The molecule has 1 rings (SSSR count). The molecule has 0 radical (unpaired) electrons. The number of aliphatic hydroxyl groups is 1. The molecule has 0 aliphatic carbocycles. The molecule has 0 aliphatic heterocycles. The summed E-state index contributed by atoms with van der Waals surface area (Å²) in [5.41, 5.74) is 6.63. The summed E-state index contributed by atoms with van der Waals surface area (Å²) in [6.45, 7) is -0.200. The summed E-state index contributed by atoms with van der Waals surface area (Å²) in [6, 6.07) is 6.26. The number of hydrogen-bond donors (Lipinski definition) is 2. The largest absolute Gasteiger partial charge is 0.465 e. The third-order valence-electron chi connectivity index (χ3n) is 1.96. The number of carbonyl (C=O) groups excluding carboxylic acids is 1. The van der Waals surface area contributed by atoms with Crippen LogP contribution in [0.2, 0.25) is 0 Å². The molecule has 1 aromatic carbocycles. The smallest absolute Gasteiger partial charge is 0.338 e. The highest BCUT2D eigenvalue weighted by molar-refractivity contribution is 5.91. The Morgan fingerprint density at radius 1 is 1.53 bits per heavy atom. The Hall–Kier alpha value is -1.10. The first-order chi connectivity index (χ1) is 6.70. The van der Waals surface area contributed by atoms with Crippen LogP contribution in [0.15, 0.2) is 24.3 Å². The SMILES string of the molecule is COC(=O)c1ccccc1C(N)CO.Cl. The first-order valence-corrected chi connectivity index (χ1v) is 4.24. The van der Waals surface area contributed by atoms with Crippen molar-refractivity contribution in [2.75, 3.05) is 13.7 Å². The van der Waals surface area contributed by atoms with Gasteiger partial charge in [0.2, 0.25) is 0 Å². The fourth-order valence-electron chi connectivity index (χ4n) is 1.21. The minimum atomic E-state index is -0.551. The van der Waals surface area contributed by atoms with Crippen molar-refractivity contribution < 1.29 is 14.6 Å². The fourth-order valence-corrected chi connectivity index (χ4v) is 1.21. The van der Waals surface area contributed by atoms with Gasteiger partial charge in [-0.2, -0.15) is 0 Å². The summed E-state index contributed by atoms with van der Waals surface area (Å²) in [5.74, 6) is -0.440. The summed E-state index contributed by atoms with van der Waals surface area (Å²) in [5, 5.41) is 8.89. The highest BCUT2D eigenvalue weighted by atomic mass is 35.5. The summed E-state index contributed by atoms with van der Waals surface area (Å²) in [6.07, 6.45) is 0. The number of methoxy groups -OCH3 is 1. The lowest BCUT2D eigenvalue weighted by Gasteiger charge is -2.12. The summed E-state index contributed by atoms with van der Waals surface area (Å²) in [7, 11) is 1.31. The van der Waals surface area contributed by atoms with Gasteiger partial charge in [-0.15, -0.1) is 12.4 Å². The van der Waals surface area contributed by atoms with Gasteiger partial charge >= 0.3 is 5.97 Å². The molecule has 1 unspecified atom stereocenters. The van der Waals surface area contributed by atoms with E-state index in [4.69, 9.17) is 10.8 Å². The molecule has 1 aromatic rings. The number of esters is 1. The van der Waals surface area contributed by atoms with E-state index < -0.39 is 12.0 Å². The van der Waals surface area contributed by atoms with Gasteiger partial charge in [0.15, 0.2) is 0 Å². The van der Waals surface area contributed by atoms with Crippen LogP contribution in [0.3, 0.4) is 0 Å². The number of carbonyl (C=O) groups is 1. The maximum absolute atomic E-state index is 11.3. The van der Waals surface area contributed by atoms with Crippen molar-refractivity contribution in [1.82, 2.24) is 0 Å². The average Bonchev–Trinajstić information content (AvgIpc) is 2.27. The number of benzene rings is 1. The highest BCUT2D eigenvalue weighted by Crippen LogP contribution is 2.16. The first-order valence-electron chi connectivity index (χ1n) is 4.24. The molecule has 3 N–H and O–H groups in total. The Morgan fingerprint density at radius 2 is 2.13 bits per heavy atom. The second-order valence-corrected chi connectivity index (χ2v) is 2.87. The normalized spacial score (nSPS) is 11.4. The molecule has 4 nitrogen and oxygen atoms in total. The van der Waals surface area contributed by atoms with Gasteiger partial charge < -0.3 is 15.6 Å². The van der Waals surface area contributed by atoms with E-state index in [1.165, 1.54) is 7.11 Å². The Balaban J connectivity index is 0.00000196. The van der Waals surface area contributed by atoms with Crippen LogP contribution in [0.5, 0.6) is 0 Å². The van der Waals surface area contributed by atoms with Crippen LogP contribution < -0.4 is 5.73 Å². The molecule has 0 fully saturated rings. The molecule has 0 heterocycles. The Morgan fingerprint density at radius 3 is 2.67 bits per heavy atom. The molecule has 0 amide bonds. The van der Waals surface area contributed by atoms with Gasteiger partial charge in [0.1, 0.15) is 0 Å². The number of halogens is 1. The predicted molar refractivity (Wildman–Crippen MR) is 59.0 cm³/mol. The van der Waals surface area contributed by atoms with E-state index in [9.17, 15) is 4.79 Å². The molecule has 0 aliphatic rings. The molecule has 84 valence electrons. The lowest BCUT2D eigenvalue weighted by Crippen LogP contribution is -2.18. The molecule has 0 aromatic heterocycles. The van der Waals surface area contributed by atoms with Crippen LogP contribution in [0.4, 0.5) is 0 Å². The average molecular weight is 232 g/mol. The van der Waals surface area contributed by atoms with Crippen LogP contribution in [-0.2, 0) is 4.74 Å². The van der Waals surface area contributed by atoms with E-state index >= 15 is 0 Å². The number of ether oxygens (including phenoxy) is 1. The number of hydrogen-bond acceptors (Lipinski definition) is 4. The maximum Gasteiger partial charge on any atom is 0.338 e. The molecule has 0 saturated carbocycles. The molecule has 0 saturated heterocycles. The second-order valence-electron chi connectivity index (χ2n) is 2.87. The molecular formula is C10H14ClNO3. The topological polar surface area (TPSA) is 72.5 Å². The van der Waals surface area contributed by atoms with E-state index in [-0.39, 0.29) is 19.0 Å². The zero-order valence-corrected chi connectivity index (χ0v) is 9.16. The Bertz CT molecular complexity index is 330. The monoisotopic (exact) mass is 231 g/mol. The predicted octanol–water partition coefficient (Wildman–Crippen LogP) is 0.887. The van der Waals surface area contributed by atoms with E-state index in [0.717, 1.165) is 0 Å². The van der Waals surface area contributed by atoms with Gasteiger partial charge in [-0.05, 0) is 11.6 Å². The summed E-state index contributed by atoms with van der Waals surface area (Å²) >= 11 is 0. The van der Waals surface area contributed by atoms with Crippen molar-refractivity contribution in [3.63, 3.8) is 0 Å². The van der Waals surface area contributed by atoms with E-state index in [0.29, 0.717) is 11.1 Å². The number of aliphatic hydroxyl groups excluding tert-OH is 1. The third kappa shape index (κ3) is 3.20. The molecule has 1 atom stereocenters. The van der Waals surface area contributed by atoms with Crippen LogP contribution in [0.1, 0.15) is 22.0 Å². The van der Waals surface area contributed by atoms with Crippen molar-refractivity contribution in [3.8, 4) is 0 Å². The van der Waals surface area contributed by atoms with Gasteiger partial charge in [-0.1, -0.05) is 18.2 Å². The van der Waals surface area contributed by atoms with Gasteiger partial charge in [0, 0.05) is 0 Å². The highest BCUT2D eigenvalue weighted by Gasteiger charge is 2.15. The van der Waals surface area contributed by atoms with Gasteiger partial charge in [-0.3, -0.25) is 0 Å². The van der Waals surface area contributed by atoms with E-state index in [2.05, 4.69) is 4.74 Å². The van der Waals surface area contributed by atoms with Crippen molar-refractivity contribution in [2.45, 2.75) is 6.04 Å². The minimum Gasteiger partial charge on any atom is -0.465 e. The van der Waals surface area contributed by atoms with Crippen molar-refractivity contribution in [2.24, 2.45) is 5.73 Å². The molecule has 0 bridgehead atoms. The van der Waals surface area contributed by atoms with Gasteiger partial charge in [0.25, 0.3) is 0 Å². The number of nitrogens with two attached hydrogens (primary N) is 1. The molecule has 15 heavy (non-hydrogen) atoms. The van der Waals surface area contributed by atoms with Crippen LogP contribution in [0, 0.1) is 0 Å². The Labute approximate surface area is 94.5 Å².